The summed E-state index contributed by atoms with van der Waals surface area (Å²) in [5.74, 6) is 0.243. The number of benzene rings is 1. The van der Waals surface area contributed by atoms with Crippen LogP contribution < -0.4 is 16.0 Å². The van der Waals surface area contributed by atoms with Crippen LogP contribution in [-0.2, 0) is 11.0 Å². The highest BCUT2D eigenvalue weighted by atomic mass is 19.4. The molecule has 26 heavy (non-hydrogen) atoms. The Morgan fingerprint density at radius 1 is 1.12 bits per heavy atom. The summed E-state index contributed by atoms with van der Waals surface area (Å²) in [5, 5.41) is 7.39. The lowest BCUT2D eigenvalue weighted by Crippen LogP contribution is -2.45. The van der Waals surface area contributed by atoms with Crippen molar-refractivity contribution < 1.29 is 22.8 Å². The van der Waals surface area contributed by atoms with E-state index in [1.54, 1.807) is 0 Å². The van der Waals surface area contributed by atoms with E-state index in [0.717, 1.165) is 31.4 Å². The fourth-order valence-corrected chi connectivity index (χ4v) is 3.28. The topological polar surface area (TPSA) is 70.2 Å². The van der Waals surface area contributed by atoms with Crippen molar-refractivity contribution in [2.24, 2.45) is 11.8 Å². The highest BCUT2D eigenvalue weighted by molar-refractivity contribution is 5.92. The quantitative estimate of drug-likeness (QED) is 0.726. The first-order valence-corrected chi connectivity index (χ1v) is 8.64. The molecule has 0 unspecified atom stereocenters. The van der Waals surface area contributed by atoms with Crippen LogP contribution >= 0.6 is 0 Å². The lowest BCUT2D eigenvalue weighted by molar-refractivity contribution is -0.137. The minimum atomic E-state index is -4.66. The van der Waals surface area contributed by atoms with Gasteiger partial charge >= 0.3 is 12.2 Å². The number of amides is 3. The lowest BCUT2D eigenvalue weighted by Gasteiger charge is -2.34. The van der Waals surface area contributed by atoms with Gasteiger partial charge < -0.3 is 16.0 Å². The van der Waals surface area contributed by atoms with Gasteiger partial charge in [-0.1, -0.05) is 26.7 Å². The number of urea groups is 1. The zero-order valence-corrected chi connectivity index (χ0v) is 15.0. The number of rotatable bonds is 3. The number of halogens is 3. The van der Waals surface area contributed by atoms with Crippen molar-refractivity contribution in [2.45, 2.75) is 52.3 Å². The lowest BCUT2D eigenvalue weighted by atomic mass is 9.78. The molecular weight excluding hydrogens is 347 g/mol. The molecule has 0 radical (unpaired) electrons. The summed E-state index contributed by atoms with van der Waals surface area (Å²) in [7, 11) is 0. The zero-order valence-electron chi connectivity index (χ0n) is 15.0. The Morgan fingerprint density at radius 3 is 2.42 bits per heavy atom. The molecule has 1 aromatic carbocycles. The first-order valence-electron chi connectivity index (χ1n) is 8.64. The second-order valence-corrected chi connectivity index (χ2v) is 6.91. The van der Waals surface area contributed by atoms with E-state index in [2.05, 4.69) is 22.9 Å². The third kappa shape index (κ3) is 5.12. The van der Waals surface area contributed by atoms with Gasteiger partial charge in [0.25, 0.3) is 0 Å². The molecular formula is C18H24F3N3O2. The van der Waals surface area contributed by atoms with Crippen molar-refractivity contribution in [3.05, 3.63) is 23.8 Å². The van der Waals surface area contributed by atoms with Crippen LogP contribution in [0.5, 0.6) is 0 Å². The maximum absolute atomic E-state index is 13.3. The fraction of sp³-hybridized carbons (Fsp3) is 0.556. The molecule has 1 fully saturated rings. The molecule has 8 heteroatoms. The monoisotopic (exact) mass is 371 g/mol. The predicted octanol–water partition coefficient (Wildman–Crippen LogP) is 4.61. The number of carbonyl (C=O) groups is 2. The average molecular weight is 371 g/mol. The molecule has 0 bridgehead atoms. The van der Waals surface area contributed by atoms with Crippen LogP contribution in [0.4, 0.5) is 29.3 Å². The van der Waals surface area contributed by atoms with Crippen LogP contribution in [0.15, 0.2) is 18.2 Å². The first kappa shape index (κ1) is 20.1. The van der Waals surface area contributed by atoms with Crippen LogP contribution in [-0.4, -0.2) is 18.0 Å². The van der Waals surface area contributed by atoms with Crippen molar-refractivity contribution in [3.63, 3.8) is 0 Å². The van der Waals surface area contributed by atoms with E-state index in [1.807, 2.05) is 6.92 Å². The number of carbonyl (C=O) groups excluding carboxylic acids is 2. The average Bonchev–Trinajstić information content (AvgIpc) is 2.52. The molecule has 1 aliphatic rings. The maximum atomic E-state index is 13.3. The second-order valence-electron chi connectivity index (χ2n) is 6.91. The zero-order chi connectivity index (χ0) is 19.5. The molecule has 1 aromatic rings. The normalized spacial score (nSPS) is 23.2. The molecule has 5 nitrogen and oxygen atoms in total. The SMILES string of the molecule is CC(=O)Nc1ccc(NC(=O)N[C@@H]2CCC[C@H](C)[C@H]2C)c(C(F)(F)F)c1. The standard InChI is InChI=1S/C18H24F3N3O2/c1-10-5-4-6-15(11(10)2)23-17(26)24-16-8-7-13(22-12(3)25)9-14(16)18(19,20)21/h7-11,15H,4-6H2,1-3H3,(H,22,25)(H2,23,24,26)/t10-,11+,15+/m0/s1. The summed E-state index contributed by atoms with van der Waals surface area (Å²) in [4.78, 5) is 23.3. The van der Waals surface area contributed by atoms with Crippen molar-refractivity contribution in [1.82, 2.24) is 5.32 Å². The van der Waals surface area contributed by atoms with Crippen LogP contribution in [0, 0.1) is 11.8 Å². The van der Waals surface area contributed by atoms with Gasteiger partial charge in [0.15, 0.2) is 0 Å². The Morgan fingerprint density at radius 2 is 1.81 bits per heavy atom. The molecule has 0 spiro atoms. The van der Waals surface area contributed by atoms with E-state index in [-0.39, 0.29) is 23.3 Å². The number of anilines is 2. The Bertz CT molecular complexity index is 676. The highest BCUT2D eigenvalue weighted by Gasteiger charge is 2.35. The fourth-order valence-electron chi connectivity index (χ4n) is 3.28. The van der Waals surface area contributed by atoms with Crippen LogP contribution in [0.3, 0.4) is 0 Å². The number of nitrogens with one attached hydrogen (secondary N) is 3. The van der Waals surface area contributed by atoms with Gasteiger partial charge in [0.2, 0.25) is 5.91 Å². The number of hydrogen-bond acceptors (Lipinski definition) is 2. The largest absolute Gasteiger partial charge is 0.418 e. The van der Waals surface area contributed by atoms with Crippen molar-refractivity contribution in [1.29, 1.82) is 0 Å². The van der Waals surface area contributed by atoms with Gasteiger partial charge in [0.1, 0.15) is 0 Å². The molecule has 144 valence electrons. The smallest absolute Gasteiger partial charge is 0.335 e. The third-order valence-corrected chi connectivity index (χ3v) is 4.92. The molecule has 0 aromatic heterocycles. The molecule has 0 saturated heterocycles. The van der Waals surface area contributed by atoms with Crippen LogP contribution in [0.1, 0.15) is 45.6 Å². The van der Waals surface area contributed by atoms with Crippen molar-refractivity contribution in [2.75, 3.05) is 10.6 Å². The van der Waals surface area contributed by atoms with E-state index in [4.69, 9.17) is 0 Å². The molecule has 3 N–H and O–H groups in total. The first-order chi connectivity index (χ1) is 12.1. The van der Waals surface area contributed by atoms with Gasteiger partial charge in [-0.2, -0.15) is 13.2 Å². The van der Waals surface area contributed by atoms with Gasteiger partial charge in [0, 0.05) is 18.7 Å². The molecule has 3 amide bonds. The Balaban J connectivity index is 2.14. The van der Waals surface area contributed by atoms with Gasteiger partial charge in [-0.25, -0.2) is 4.79 Å². The van der Waals surface area contributed by atoms with Crippen molar-refractivity contribution >= 4 is 23.3 Å². The van der Waals surface area contributed by atoms with E-state index in [1.165, 1.54) is 13.0 Å². The molecule has 1 aliphatic carbocycles. The van der Waals surface area contributed by atoms with E-state index in [0.29, 0.717) is 5.92 Å². The van der Waals surface area contributed by atoms with E-state index < -0.39 is 23.7 Å². The summed E-state index contributed by atoms with van der Waals surface area (Å²) in [6.45, 7) is 5.36. The minimum absolute atomic E-state index is 0.0190. The Hall–Kier alpha value is -2.25. The van der Waals surface area contributed by atoms with E-state index >= 15 is 0 Å². The summed E-state index contributed by atoms with van der Waals surface area (Å²) >= 11 is 0. The molecule has 0 aliphatic heterocycles. The summed E-state index contributed by atoms with van der Waals surface area (Å²) in [5.41, 5.74) is -1.34. The minimum Gasteiger partial charge on any atom is -0.335 e. The molecule has 3 atom stereocenters. The Labute approximate surface area is 150 Å². The Kier molecular flexibility index (Phi) is 6.15. The molecule has 2 rings (SSSR count). The van der Waals surface area contributed by atoms with E-state index in [9.17, 15) is 22.8 Å². The number of hydrogen-bond donors (Lipinski definition) is 3. The highest BCUT2D eigenvalue weighted by Crippen LogP contribution is 2.37. The predicted molar refractivity (Wildman–Crippen MR) is 93.9 cm³/mol. The molecule has 1 saturated carbocycles. The van der Waals surface area contributed by atoms with Crippen molar-refractivity contribution in [3.8, 4) is 0 Å². The van der Waals surface area contributed by atoms with Crippen LogP contribution in [0.2, 0.25) is 0 Å². The maximum Gasteiger partial charge on any atom is 0.418 e. The van der Waals surface area contributed by atoms with Gasteiger partial charge in [-0.3, -0.25) is 4.79 Å². The third-order valence-electron chi connectivity index (χ3n) is 4.92. The number of alkyl halides is 3. The second kappa shape index (κ2) is 7.97. The van der Waals surface area contributed by atoms with Crippen LogP contribution in [0.25, 0.3) is 0 Å². The molecule has 0 heterocycles. The van der Waals surface area contributed by atoms with Gasteiger partial charge in [-0.15, -0.1) is 0 Å². The summed E-state index contributed by atoms with van der Waals surface area (Å²) in [6.07, 6.45) is -1.78. The van der Waals surface area contributed by atoms with Gasteiger partial charge in [0.05, 0.1) is 11.3 Å². The van der Waals surface area contributed by atoms with Gasteiger partial charge in [-0.05, 0) is 36.5 Å². The summed E-state index contributed by atoms with van der Waals surface area (Å²) in [6, 6.07) is 2.54. The summed E-state index contributed by atoms with van der Waals surface area (Å²) < 4.78 is 39.9.